The number of pyridine rings is 1. The van der Waals surface area contributed by atoms with Crippen molar-refractivity contribution in [3.63, 3.8) is 0 Å². The monoisotopic (exact) mass is 1010 g/mol. The molecule has 3 aromatic heterocycles. The molecule has 0 bridgehead atoms. The van der Waals surface area contributed by atoms with Gasteiger partial charge in [-0.25, -0.2) is 14.8 Å². The van der Waals surface area contributed by atoms with Gasteiger partial charge in [0.15, 0.2) is 10.8 Å². The second kappa shape index (κ2) is 19.4. The number of aromatic nitrogens is 4. The third-order valence-electron chi connectivity index (χ3n) is 15.0. The number of para-hydroxylation sites is 1. The second-order valence-corrected chi connectivity index (χ2v) is 22.3. The Morgan fingerprint density at radius 1 is 0.878 bits per heavy atom. The van der Waals surface area contributed by atoms with Crippen LogP contribution in [0, 0.1) is 12.3 Å². The van der Waals surface area contributed by atoms with Crippen molar-refractivity contribution < 1.29 is 33.4 Å². The number of ether oxygens (including phenoxy) is 2. The lowest BCUT2D eigenvalue weighted by Crippen LogP contribution is -2.51. The van der Waals surface area contributed by atoms with E-state index in [0.29, 0.717) is 59.4 Å². The molecule has 6 heterocycles. The summed E-state index contributed by atoms with van der Waals surface area (Å²) in [6, 6.07) is 29.1. The molecule has 16 nitrogen and oxygen atoms in total. The number of nitrogens with zero attached hydrogens (tertiary/aromatic N) is 6. The molecule has 1 unspecified atom stereocenters. The summed E-state index contributed by atoms with van der Waals surface area (Å²) in [5.74, 6) is -0.547. The van der Waals surface area contributed by atoms with Gasteiger partial charge in [-0.1, -0.05) is 47.7 Å². The number of anilines is 3. The molecule has 1 saturated carbocycles. The number of amides is 4. The molecular formula is C57H59N9O7S. The highest BCUT2D eigenvalue weighted by Crippen LogP contribution is 2.51. The van der Waals surface area contributed by atoms with E-state index in [1.54, 1.807) is 4.68 Å². The number of imide groups is 1. The normalized spacial score (nSPS) is 18.0. The van der Waals surface area contributed by atoms with Crippen molar-refractivity contribution in [3.05, 3.63) is 125 Å². The van der Waals surface area contributed by atoms with E-state index < -0.39 is 17.5 Å². The first kappa shape index (κ1) is 48.8. The number of rotatable bonds is 11. The number of nitrogens with one attached hydrogen (secondary N) is 3. The Morgan fingerprint density at radius 2 is 1.68 bits per heavy atom. The van der Waals surface area contributed by atoms with Crippen molar-refractivity contribution in [2.24, 2.45) is 12.5 Å². The van der Waals surface area contributed by atoms with Crippen LogP contribution in [0.15, 0.2) is 91.0 Å². The zero-order valence-corrected chi connectivity index (χ0v) is 43.1. The summed E-state index contributed by atoms with van der Waals surface area (Å²) in [6.07, 6.45) is 5.22. The zero-order chi connectivity index (χ0) is 51.5. The van der Waals surface area contributed by atoms with Crippen molar-refractivity contribution >= 4 is 78.7 Å². The van der Waals surface area contributed by atoms with E-state index in [1.165, 1.54) is 11.3 Å². The molecule has 4 aromatic carbocycles. The van der Waals surface area contributed by atoms with Gasteiger partial charge < -0.3 is 19.7 Å². The number of aryl methyl sites for hydroxylation is 1. The maximum absolute atomic E-state index is 14.1. The molecule has 11 rings (SSSR count). The SMILES string of the molecule is Cc1c(OC2CC3(CCN(CC(=O)Nc4ccc5c(C6CCC(=O)NC6=O)nn(C)c5c4)CC3)C2)cccc1-c1ccc(N2CCc3cccc(C(=O)Nc4nc5ccccc5s4)c3C2)nc1C(=O)OC(C)(C)C. The van der Waals surface area contributed by atoms with Gasteiger partial charge in [0, 0.05) is 48.8 Å². The summed E-state index contributed by atoms with van der Waals surface area (Å²) in [5.41, 5.74) is 7.52. The molecule has 74 heavy (non-hydrogen) atoms. The molecule has 380 valence electrons. The van der Waals surface area contributed by atoms with Gasteiger partial charge in [0.25, 0.3) is 5.91 Å². The van der Waals surface area contributed by atoms with Crippen LogP contribution < -0.4 is 25.6 Å². The summed E-state index contributed by atoms with van der Waals surface area (Å²) in [6.45, 7) is 10.5. The van der Waals surface area contributed by atoms with Crippen LogP contribution in [0.25, 0.3) is 32.2 Å². The lowest BCUT2D eigenvalue weighted by Gasteiger charge is -2.51. The highest BCUT2D eigenvalue weighted by Gasteiger charge is 2.47. The van der Waals surface area contributed by atoms with Gasteiger partial charge in [-0.2, -0.15) is 5.10 Å². The van der Waals surface area contributed by atoms with Crippen LogP contribution in [0.5, 0.6) is 5.75 Å². The van der Waals surface area contributed by atoms with Gasteiger partial charge in [0.2, 0.25) is 17.7 Å². The Bertz CT molecular complexity index is 3360. The lowest BCUT2D eigenvalue weighted by atomic mass is 9.61. The molecule has 3 fully saturated rings. The van der Waals surface area contributed by atoms with E-state index in [9.17, 15) is 24.0 Å². The van der Waals surface area contributed by atoms with E-state index >= 15 is 0 Å². The number of thiazole rings is 1. The number of benzene rings is 4. The third-order valence-corrected chi connectivity index (χ3v) is 16.0. The van der Waals surface area contributed by atoms with Crippen molar-refractivity contribution in [3.8, 4) is 16.9 Å². The Labute approximate surface area is 432 Å². The van der Waals surface area contributed by atoms with Crippen LogP contribution in [0.1, 0.15) is 108 Å². The van der Waals surface area contributed by atoms with Crippen LogP contribution in [-0.2, 0) is 39.1 Å². The van der Waals surface area contributed by atoms with E-state index in [4.69, 9.17) is 14.5 Å². The fourth-order valence-corrected chi connectivity index (χ4v) is 12.0. The summed E-state index contributed by atoms with van der Waals surface area (Å²) >= 11 is 1.44. The highest BCUT2D eigenvalue weighted by molar-refractivity contribution is 7.22. The Kier molecular flexibility index (Phi) is 12.8. The van der Waals surface area contributed by atoms with Crippen LogP contribution in [0.4, 0.5) is 16.6 Å². The molecule has 4 amide bonds. The fraction of sp³-hybridized carbons (Fsp3) is 0.368. The zero-order valence-electron chi connectivity index (χ0n) is 42.2. The Morgan fingerprint density at radius 3 is 2.46 bits per heavy atom. The quantitative estimate of drug-likeness (QED) is 0.0825. The first-order chi connectivity index (χ1) is 35.5. The minimum Gasteiger partial charge on any atom is -0.490 e. The molecule has 1 atom stereocenters. The van der Waals surface area contributed by atoms with Crippen molar-refractivity contribution in [1.29, 1.82) is 0 Å². The number of hydrogen-bond acceptors (Lipinski definition) is 13. The van der Waals surface area contributed by atoms with Crippen LogP contribution >= 0.6 is 11.3 Å². The number of carbonyl (C=O) groups is 5. The first-order valence-electron chi connectivity index (χ1n) is 25.4. The van der Waals surface area contributed by atoms with E-state index in [-0.39, 0.29) is 53.8 Å². The Balaban J connectivity index is 0.728. The fourth-order valence-electron chi connectivity index (χ4n) is 11.2. The number of hydrogen-bond donors (Lipinski definition) is 3. The number of piperidine rings is 2. The summed E-state index contributed by atoms with van der Waals surface area (Å²) < 4.78 is 15.4. The molecule has 0 radical (unpaired) electrons. The van der Waals surface area contributed by atoms with Crippen LogP contribution in [-0.4, -0.2) is 92.1 Å². The lowest BCUT2D eigenvalue weighted by molar-refractivity contribution is -0.134. The average Bonchev–Trinajstić information content (AvgIpc) is 3.92. The molecule has 17 heteroatoms. The van der Waals surface area contributed by atoms with Crippen molar-refractivity contribution in [2.75, 3.05) is 41.7 Å². The average molecular weight is 1010 g/mol. The second-order valence-electron chi connectivity index (χ2n) is 21.3. The van der Waals surface area contributed by atoms with Gasteiger partial charge in [0.05, 0.1) is 40.0 Å². The number of esters is 1. The molecule has 2 saturated heterocycles. The topological polar surface area (TPSA) is 190 Å². The largest absolute Gasteiger partial charge is 0.490 e. The minimum atomic E-state index is -0.755. The maximum Gasteiger partial charge on any atom is 0.358 e. The first-order valence-corrected chi connectivity index (χ1v) is 26.2. The Hall–Kier alpha value is -7.50. The van der Waals surface area contributed by atoms with E-state index in [1.807, 2.05) is 120 Å². The van der Waals surface area contributed by atoms with Crippen LogP contribution in [0.2, 0.25) is 0 Å². The molecule has 3 aliphatic heterocycles. The van der Waals surface area contributed by atoms with Gasteiger partial charge in [-0.05, 0) is 162 Å². The molecule has 4 aliphatic rings. The van der Waals surface area contributed by atoms with Gasteiger partial charge in [-0.15, -0.1) is 0 Å². The molecule has 1 spiro atoms. The van der Waals surface area contributed by atoms with Gasteiger partial charge >= 0.3 is 5.97 Å². The predicted octanol–water partition coefficient (Wildman–Crippen LogP) is 9.11. The summed E-state index contributed by atoms with van der Waals surface area (Å²) in [4.78, 5) is 79.5. The van der Waals surface area contributed by atoms with Crippen molar-refractivity contribution in [2.45, 2.75) is 96.8 Å². The number of likely N-dealkylation sites (tertiary alicyclic amines) is 1. The van der Waals surface area contributed by atoms with Crippen LogP contribution in [0.3, 0.4) is 0 Å². The highest BCUT2D eigenvalue weighted by atomic mass is 32.1. The van der Waals surface area contributed by atoms with Gasteiger partial charge in [-0.3, -0.25) is 39.4 Å². The minimum absolute atomic E-state index is 0.0391. The smallest absolute Gasteiger partial charge is 0.358 e. The standard InChI is InChI=1S/C57H59N9O7S/c1-33-37(38-18-20-47(60-51(38)54(71)73-56(2,3)4)66-25-22-34-10-8-12-39(42(34)31-66)52(69)62-55-59-43-13-6-7-15-46(43)74-55)11-9-14-45(33)72-36-29-57(30-36)23-26-65(27-24-57)32-49(68)58-35-16-17-40-44(28-35)64(5)63-50(40)41-19-21-48(67)61-53(41)70/h6-18,20,28,36,41H,19,21-27,29-32H2,1-5H3,(H,58,68)(H,59,62,69)(H,61,67,70). The van der Waals surface area contributed by atoms with E-state index in [0.717, 1.165) is 87.9 Å². The molecule has 1 aliphatic carbocycles. The summed E-state index contributed by atoms with van der Waals surface area (Å²) in [5, 5.41) is 14.5. The number of carbonyl (C=O) groups excluding carboxylic acids is 5. The van der Waals surface area contributed by atoms with Crippen molar-refractivity contribution in [1.82, 2.24) is 30.0 Å². The molecular weight excluding hydrogens is 955 g/mol. The molecule has 3 N–H and O–H groups in total. The third kappa shape index (κ3) is 9.85. The predicted molar refractivity (Wildman–Crippen MR) is 285 cm³/mol. The van der Waals surface area contributed by atoms with E-state index in [2.05, 4.69) is 41.9 Å². The maximum atomic E-state index is 14.1. The summed E-state index contributed by atoms with van der Waals surface area (Å²) in [7, 11) is 1.81. The number of fused-ring (bicyclic) bond motifs is 3. The molecule has 7 aromatic rings. The van der Waals surface area contributed by atoms with Gasteiger partial charge in [0.1, 0.15) is 17.2 Å².